The van der Waals surface area contributed by atoms with E-state index < -0.39 is 16.3 Å². The highest BCUT2D eigenvalue weighted by molar-refractivity contribution is 7.88. The van der Waals surface area contributed by atoms with Crippen LogP contribution in [0, 0.1) is 5.41 Å². The molecular formula is C10H23N3O4S. The van der Waals surface area contributed by atoms with Gasteiger partial charge in [0.15, 0.2) is 0 Å². The SMILES string of the molecule is CCOC(=O)NS(=O)(=O)NC(CCN)C(C)(C)C. The van der Waals surface area contributed by atoms with Crippen molar-refractivity contribution < 1.29 is 17.9 Å². The second kappa shape index (κ2) is 6.91. The summed E-state index contributed by atoms with van der Waals surface area (Å²) in [6.07, 6.45) is -0.516. The van der Waals surface area contributed by atoms with Crippen molar-refractivity contribution in [2.75, 3.05) is 13.2 Å². The molecule has 0 aromatic carbocycles. The van der Waals surface area contributed by atoms with Crippen molar-refractivity contribution in [2.45, 2.75) is 40.2 Å². The van der Waals surface area contributed by atoms with E-state index in [1.54, 1.807) is 11.6 Å². The maximum atomic E-state index is 11.7. The van der Waals surface area contributed by atoms with Crippen molar-refractivity contribution in [3.8, 4) is 0 Å². The van der Waals surface area contributed by atoms with Gasteiger partial charge in [-0.05, 0) is 25.3 Å². The first-order valence-electron chi connectivity index (χ1n) is 5.79. The molecule has 0 aliphatic heterocycles. The maximum Gasteiger partial charge on any atom is 0.421 e. The van der Waals surface area contributed by atoms with E-state index in [9.17, 15) is 13.2 Å². The summed E-state index contributed by atoms with van der Waals surface area (Å²) >= 11 is 0. The number of nitrogens with one attached hydrogen (secondary N) is 2. The molecule has 0 aliphatic rings. The van der Waals surface area contributed by atoms with Crippen LogP contribution in [0.25, 0.3) is 0 Å². The van der Waals surface area contributed by atoms with Crippen molar-refractivity contribution in [1.29, 1.82) is 0 Å². The summed E-state index contributed by atoms with van der Waals surface area (Å²) in [6.45, 7) is 7.71. The van der Waals surface area contributed by atoms with E-state index in [4.69, 9.17) is 5.73 Å². The third-order valence-electron chi connectivity index (χ3n) is 2.29. The second-order valence-corrected chi connectivity index (χ2v) is 6.39. The zero-order valence-electron chi connectivity index (χ0n) is 11.3. The predicted molar refractivity (Wildman–Crippen MR) is 69.1 cm³/mol. The van der Waals surface area contributed by atoms with Crippen molar-refractivity contribution >= 4 is 16.3 Å². The number of hydrogen-bond donors (Lipinski definition) is 3. The molecule has 0 saturated carbocycles. The lowest BCUT2D eigenvalue weighted by Crippen LogP contribution is -2.50. The third-order valence-corrected chi connectivity index (χ3v) is 3.32. The van der Waals surface area contributed by atoms with E-state index in [2.05, 4.69) is 9.46 Å². The molecule has 1 atom stereocenters. The van der Waals surface area contributed by atoms with Gasteiger partial charge in [-0.2, -0.15) is 13.1 Å². The highest BCUT2D eigenvalue weighted by atomic mass is 32.2. The van der Waals surface area contributed by atoms with E-state index in [0.717, 1.165) is 0 Å². The smallest absolute Gasteiger partial charge is 0.421 e. The van der Waals surface area contributed by atoms with Crippen LogP contribution in [-0.2, 0) is 14.9 Å². The van der Waals surface area contributed by atoms with Crippen LogP contribution in [0.5, 0.6) is 0 Å². The Kier molecular flexibility index (Phi) is 6.58. The lowest BCUT2D eigenvalue weighted by molar-refractivity contribution is 0.158. The Morgan fingerprint density at radius 3 is 2.33 bits per heavy atom. The predicted octanol–water partition coefficient (Wildman–Crippen LogP) is 0.330. The Balaban J connectivity index is 4.66. The van der Waals surface area contributed by atoms with Gasteiger partial charge in [0.25, 0.3) is 0 Å². The minimum Gasteiger partial charge on any atom is -0.449 e. The number of amides is 1. The van der Waals surface area contributed by atoms with Crippen LogP contribution in [-0.4, -0.2) is 33.7 Å². The average Bonchev–Trinajstić information content (AvgIpc) is 2.14. The van der Waals surface area contributed by atoms with E-state index in [1.807, 2.05) is 20.8 Å². The zero-order chi connectivity index (χ0) is 14.4. The van der Waals surface area contributed by atoms with E-state index >= 15 is 0 Å². The molecule has 4 N–H and O–H groups in total. The van der Waals surface area contributed by atoms with E-state index in [1.165, 1.54) is 0 Å². The van der Waals surface area contributed by atoms with Gasteiger partial charge in [0.05, 0.1) is 6.61 Å². The first-order valence-corrected chi connectivity index (χ1v) is 7.27. The minimum atomic E-state index is -3.94. The molecule has 0 saturated heterocycles. The van der Waals surface area contributed by atoms with Gasteiger partial charge in [-0.15, -0.1) is 0 Å². The highest BCUT2D eigenvalue weighted by Gasteiger charge is 2.29. The monoisotopic (exact) mass is 281 g/mol. The number of ether oxygens (including phenoxy) is 1. The van der Waals surface area contributed by atoms with Gasteiger partial charge in [-0.3, -0.25) is 0 Å². The van der Waals surface area contributed by atoms with Gasteiger partial charge in [-0.25, -0.2) is 9.52 Å². The quantitative estimate of drug-likeness (QED) is 0.650. The van der Waals surface area contributed by atoms with E-state index in [-0.39, 0.29) is 18.1 Å². The van der Waals surface area contributed by atoms with Crippen LogP contribution >= 0.6 is 0 Å². The van der Waals surface area contributed by atoms with Gasteiger partial charge in [0, 0.05) is 6.04 Å². The molecule has 0 rings (SSSR count). The Labute approximate surface area is 109 Å². The highest BCUT2D eigenvalue weighted by Crippen LogP contribution is 2.21. The van der Waals surface area contributed by atoms with Gasteiger partial charge in [0.2, 0.25) is 0 Å². The number of hydrogen-bond acceptors (Lipinski definition) is 5. The fourth-order valence-corrected chi connectivity index (χ4v) is 2.51. The number of nitrogens with two attached hydrogens (primary N) is 1. The number of carbonyl (C=O) groups excluding carboxylic acids is 1. The van der Waals surface area contributed by atoms with Crippen molar-refractivity contribution in [3.05, 3.63) is 0 Å². The molecule has 1 unspecified atom stereocenters. The molecule has 0 aliphatic carbocycles. The lowest BCUT2D eigenvalue weighted by Gasteiger charge is -2.30. The Bertz CT molecular complexity index is 362. The Morgan fingerprint density at radius 2 is 1.94 bits per heavy atom. The van der Waals surface area contributed by atoms with Gasteiger partial charge in [0.1, 0.15) is 0 Å². The molecule has 1 amide bonds. The van der Waals surface area contributed by atoms with Crippen molar-refractivity contribution in [2.24, 2.45) is 11.1 Å². The molecule has 7 nitrogen and oxygen atoms in total. The first kappa shape index (κ1) is 17.1. The molecule has 0 heterocycles. The molecule has 0 aromatic rings. The number of rotatable bonds is 6. The zero-order valence-corrected chi connectivity index (χ0v) is 12.1. The molecule has 0 spiro atoms. The summed E-state index contributed by atoms with van der Waals surface area (Å²) < 4.78 is 32.1. The standard InChI is InChI=1S/C10H23N3O4S/c1-5-17-9(14)13-18(15,16)12-8(6-7-11)10(2,3)4/h8,12H,5-7,11H2,1-4H3,(H,13,14). The fourth-order valence-electron chi connectivity index (χ4n) is 1.32. The average molecular weight is 281 g/mol. The topological polar surface area (TPSA) is 111 Å². The van der Waals surface area contributed by atoms with E-state index in [0.29, 0.717) is 13.0 Å². The molecule has 0 radical (unpaired) electrons. The number of carbonyl (C=O) groups is 1. The summed E-state index contributed by atoms with van der Waals surface area (Å²) in [5.74, 6) is 0. The summed E-state index contributed by atoms with van der Waals surface area (Å²) in [4.78, 5) is 11.1. The summed E-state index contributed by atoms with van der Waals surface area (Å²) in [5.41, 5.74) is 5.14. The van der Waals surface area contributed by atoms with Gasteiger partial charge in [-0.1, -0.05) is 20.8 Å². The van der Waals surface area contributed by atoms with Gasteiger partial charge >= 0.3 is 16.3 Å². The van der Waals surface area contributed by atoms with Crippen molar-refractivity contribution in [3.63, 3.8) is 0 Å². The van der Waals surface area contributed by atoms with Crippen LogP contribution in [0.2, 0.25) is 0 Å². The molecular weight excluding hydrogens is 258 g/mol. The fraction of sp³-hybridized carbons (Fsp3) is 0.900. The molecule has 0 bridgehead atoms. The summed E-state index contributed by atoms with van der Waals surface area (Å²) in [6, 6.07) is -0.366. The summed E-state index contributed by atoms with van der Waals surface area (Å²) in [7, 11) is -3.94. The molecule has 8 heteroatoms. The Morgan fingerprint density at radius 1 is 1.39 bits per heavy atom. The molecule has 108 valence electrons. The second-order valence-electron chi connectivity index (χ2n) is 4.94. The van der Waals surface area contributed by atoms with Crippen LogP contribution in [0.1, 0.15) is 34.1 Å². The third kappa shape index (κ3) is 6.77. The van der Waals surface area contributed by atoms with Crippen LogP contribution < -0.4 is 15.2 Å². The normalized spacial score (nSPS) is 14.1. The largest absolute Gasteiger partial charge is 0.449 e. The first-order chi connectivity index (χ1) is 8.12. The van der Waals surface area contributed by atoms with Crippen LogP contribution in [0.4, 0.5) is 4.79 Å². The molecule has 0 fully saturated rings. The maximum absolute atomic E-state index is 11.7. The Hall–Kier alpha value is -0.860. The lowest BCUT2D eigenvalue weighted by atomic mass is 9.85. The van der Waals surface area contributed by atoms with Crippen LogP contribution in [0.3, 0.4) is 0 Å². The van der Waals surface area contributed by atoms with Crippen LogP contribution in [0.15, 0.2) is 0 Å². The van der Waals surface area contributed by atoms with Crippen molar-refractivity contribution in [1.82, 2.24) is 9.44 Å². The van der Waals surface area contributed by atoms with Gasteiger partial charge < -0.3 is 10.5 Å². The molecule has 18 heavy (non-hydrogen) atoms. The minimum absolute atomic E-state index is 0.104. The molecule has 0 aromatic heterocycles. The summed E-state index contributed by atoms with van der Waals surface area (Å²) in [5, 5.41) is 0.